The number of hydrogen-bond acceptors (Lipinski definition) is 2. The second-order valence-corrected chi connectivity index (χ2v) is 4.01. The first kappa shape index (κ1) is 9.74. The van der Waals surface area contributed by atoms with Crippen molar-refractivity contribution in [3.8, 4) is 5.75 Å². The third kappa shape index (κ3) is 1.47. The molecule has 4 heteroatoms. The molecule has 2 nitrogen and oxygen atoms in total. The average Bonchev–Trinajstić information content (AvgIpc) is 2.23. The Morgan fingerprint density at radius 2 is 2.29 bits per heavy atom. The lowest BCUT2D eigenvalue weighted by atomic mass is 10.2. The van der Waals surface area contributed by atoms with Crippen molar-refractivity contribution in [1.82, 2.24) is 4.98 Å². The van der Waals surface area contributed by atoms with Gasteiger partial charge in [-0.25, -0.2) is 0 Å². The highest BCUT2D eigenvalue weighted by atomic mass is 79.9. The maximum atomic E-state index is 6.11. The monoisotopic (exact) mass is 271 g/mol. The Bertz CT molecular complexity index is 487. The van der Waals surface area contributed by atoms with Crippen molar-refractivity contribution in [3.05, 3.63) is 33.9 Å². The third-order valence-electron chi connectivity index (χ3n) is 1.96. The summed E-state index contributed by atoms with van der Waals surface area (Å²) in [7, 11) is 1.61. The summed E-state index contributed by atoms with van der Waals surface area (Å²) < 4.78 is 6.03. The molecular formula is C10H7BrClNO. The highest BCUT2D eigenvalue weighted by Crippen LogP contribution is 2.35. The van der Waals surface area contributed by atoms with E-state index in [9.17, 15) is 0 Å². The number of fused-ring (bicyclic) bond motifs is 1. The van der Waals surface area contributed by atoms with E-state index in [1.54, 1.807) is 13.3 Å². The van der Waals surface area contributed by atoms with Gasteiger partial charge in [0.05, 0.1) is 12.1 Å². The van der Waals surface area contributed by atoms with Crippen molar-refractivity contribution < 1.29 is 4.74 Å². The van der Waals surface area contributed by atoms with Crippen LogP contribution < -0.4 is 4.74 Å². The molecule has 0 bridgehead atoms. The van der Waals surface area contributed by atoms with Crippen molar-refractivity contribution in [3.63, 3.8) is 0 Å². The van der Waals surface area contributed by atoms with E-state index in [0.29, 0.717) is 5.02 Å². The molecule has 0 N–H and O–H groups in total. The van der Waals surface area contributed by atoms with Crippen molar-refractivity contribution in [2.45, 2.75) is 0 Å². The molecular weight excluding hydrogens is 265 g/mol. The summed E-state index contributed by atoms with van der Waals surface area (Å²) in [5.74, 6) is 0.719. The average molecular weight is 273 g/mol. The van der Waals surface area contributed by atoms with Crippen molar-refractivity contribution in [1.29, 1.82) is 0 Å². The molecule has 0 amide bonds. The van der Waals surface area contributed by atoms with E-state index in [0.717, 1.165) is 21.1 Å². The first-order valence-corrected chi connectivity index (χ1v) is 5.18. The molecule has 0 radical (unpaired) electrons. The van der Waals surface area contributed by atoms with Crippen molar-refractivity contribution in [2.24, 2.45) is 0 Å². The number of rotatable bonds is 1. The summed E-state index contributed by atoms with van der Waals surface area (Å²) >= 11 is 9.48. The largest absolute Gasteiger partial charge is 0.494 e. The predicted molar refractivity (Wildman–Crippen MR) is 61.0 cm³/mol. The van der Waals surface area contributed by atoms with Crippen LogP contribution in [0.1, 0.15) is 0 Å². The van der Waals surface area contributed by atoms with E-state index in [4.69, 9.17) is 16.3 Å². The number of aromatic nitrogens is 1. The summed E-state index contributed by atoms with van der Waals surface area (Å²) in [4.78, 5) is 4.22. The van der Waals surface area contributed by atoms with E-state index in [1.165, 1.54) is 0 Å². The van der Waals surface area contributed by atoms with E-state index < -0.39 is 0 Å². The summed E-state index contributed by atoms with van der Waals surface area (Å²) in [6.45, 7) is 0. The van der Waals surface area contributed by atoms with Gasteiger partial charge in [0.2, 0.25) is 0 Å². The molecule has 0 aliphatic heterocycles. The molecule has 2 aromatic rings. The summed E-state index contributed by atoms with van der Waals surface area (Å²) in [5.41, 5.74) is 0.781. The second-order valence-electron chi connectivity index (χ2n) is 2.77. The number of halogens is 2. The third-order valence-corrected chi connectivity index (χ3v) is 3.23. The molecule has 0 saturated carbocycles. The Morgan fingerprint density at radius 3 is 3.00 bits per heavy atom. The molecule has 0 aliphatic carbocycles. The highest BCUT2D eigenvalue weighted by Gasteiger charge is 2.09. The molecule has 1 aromatic heterocycles. The number of methoxy groups -OCH3 is 1. The Morgan fingerprint density at radius 1 is 1.50 bits per heavy atom. The molecule has 0 spiro atoms. The predicted octanol–water partition coefficient (Wildman–Crippen LogP) is 3.66. The zero-order valence-electron chi connectivity index (χ0n) is 7.42. The number of ether oxygens (including phenoxy) is 1. The number of pyridine rings is 1. The normalized spacial score (nSPS) is 10.5. The van der Waals surface area contributed by atoms with Crippen LogP contribution in [0.2, 0.25) is 5.02 Å². The van der Waals surface area contributed by atoms with Gasteiger partial charge in [0.15, 0.2) is 0 Å². The van der Waals surface area contributed by atoms with Gasteiger partial charge in [-0.05, 0) is 34.1 Å². The highest BCUT2D eigenvalue weighted by molar-refractivity contribution is 9.10. The van der Waals surface area contributed by atoms with Crippen LogP contribution >= 0.6 is 27.5 Å². The van der Waals surface area contributed by atoms with E-state index in [2.05, 4.69) is 20.9 Å². The summed E-state index contributed by atoms with van der Waals surface area (Å²) in [6, 6.07) is 5.58. The van der Waals surface area contributed by atoms with Gasteiger partial charge in [0, 0.05) is 16.1 Å². The molecule has 0 saturated heterocycles. The van der Waals surface area contributed by atoms with E-state index >= 15 is 0 Å². The van der Waals surface area contributed by atoms with Crippen LogP contribution in [0, 0.1) is 0 Å². The molecule has 72 valence electrons. The number of benzene rings is 1. The zero-order valence-corrected chi connectivity index (χ0v) is 9.76. The second kappa shape index (κ2) is 3.75. The van der Waals surface area contributed by atoms with Crippen LogP contribution in [0.4, 0.5) is 0 Å². The van der Waals surface area contributed by atoms with Crippen LogP contribution in [0.3, 0.4) is 0 Å². The lowest BCUT2D eigenvalue weighted by Crippen LogP contribution is -1.88. The van der Waals surface area contributed by atoms with Crippen LogP contribution in [-0.2, 0) is 0 Å². The van der Waals surface area contributed by atoms with Gasteiger partial charge in [-0.1, -0.05) is 11.6 Å². The van der Waals surface area contributed by atoms with Crippen LogP contribution in [-0.4, -0.2) is 12.1 Å². The van der Waals surface area contributed by atoms with E-state index in [1.807, 2.05) is 18.2 Å². The van der Waals surface area contributed by atoms with Gasteiger partial charge in [0.25, 0.3) is 0 Å². The van der Waals surface area contributed by atoms with Crippen LogP contribution in [0.25, 0.3) is 10.9 Å². The topological polar surface area (TPSA) is 22.1 Å². The van der Waals surface area contributed by atoms with Gasteiger partial charge < -0.3 is 4.74 Å². The fourth-order valence-corrected chi connectivity index (χ4v) is 1.94. The van der Waals surface area contributed by atoms with Gasteiger partial charge in [-0.3, -0.25) is 4.98 Å². The fourth-order valence-electron chi connectivity index (χ4n) is 1.31. The minimum atomic E-state index is 0.661. The van der Waals surface area contributed by atoms with Crippen molar-refractivity contribution in [2.75, 3.05) is 7.11 Å². The first-order valence-electron chi connectivity index (χ1n) is 4.00. The first-order chi connectivity index (χ1) is 6.74. The lowest BCUT2D eigenvalue weighted by molar-refractivity contribution is 0.418. The molecule has 1 aromatic carbocycles. The minimum Gasteiger partial charge on any atom is -0.494 e. The van der Waals surface area contributed by atoms with Crippen LogP contribution in [0.15, 0.2) is 28.9 Å². The molecule has 0 aliphatic rings. The Hall–Kier alpha value is -0.800. The summed E-state index contributed by atoms with van der Waals surface area (Å²) in [6.07, 6.45) is 1.72. The van der Waals surface area contributed by atoms with Gasteiger partial charge in [-0.15, -0.1) is 0 Å². The molecule has 0 unspecified atom stereocenters. The van der Waals surface area contributed by atoms with E-state index in [-0.39, 0.29) is 0 Å². The SMILES string of the molecule is COc1cc(Br)c(Cl)c2cccnc12. The van der Waals surface area contributed by atoms with Gasteiger partial charge in [-0.2, -0.15) is 0 Å². The standard InChI is InChI=1S/C10H7BrClNO/c1-14-8-5-7(11)9(12)6-3-2-4-13-10(6)8/h2-5H,1H3. The quantitative estimate of drug-likeness (QED) is 0.790. The van der Waals surface area contributed by atoms with Gasteiger partial charge in [0.1, 0.15) is 11.3 Å². The smallest absolute Gasteiger partial charge is 0.146 e. The number of hydrogen-bond donors (Lipinski definition) is 0. The van der Waals surface area contributed by atoms with Crippen LogP contribution in [0.5, 0.6) is 5.75 Å². The lowest BCUT2D eigenvalue weighted by Gasteiger charge is -2.07. The molecule has 0 fully saturated rings. The van der Waals surface area contributed by atoms with Crippen molar-refractivity contribution >= 4 is 38.4 Å². The Balaban J connectivity index is 2.89. The zero-order chi connectivity index (χ0) is 10.1. The fraction of sp³-hybridized carbons (Fsp3) is 0.100. The number of nitrogens with zero attached hydrogens (tertiary/aromatic N) is 1. The molecule has 1 heterocycles. The minimum absolute atomic E-state index is 0.661. The maximum Gasteiger partial charge on any atom is 0.146 e. The Labute approximate surface area is 95.0 Å². The maximum absolute atomic E-state index is 6.11. The Kier molecular flexibility index (Phi) is 2.61. The van der Waals surface area contributed by atoms with Gasteiger partial charge >= 0.3 is 0 Å². The summed E-state index contributed by atoms with van der Waals surface area (Å²) in [5, 5.41) is 1.55. The molecule has 14 heavy (non-hydrogen) atoms. The molecule has 0 atom stereocenters. The molecule has 2 rings (SSSR count).